The molecule has 0 amide bonds. The maximum absolute atomic E-state index is 12.5. The minimum atomic E-state index is -3.91. The Morgan fingerprint density at radius 3 is 2.32 bits per heavy atom. The highest BCUT2D eigenvalue weighted by atomic mass is 32.2. The van der Waals surface area contributed by atoms with E-state index in [0.717, 1.165) is 5.56 Å². The summed E-state index contributed by atoms with van der Waals surface area (Å²) in [5.41, 5.74) is 0.968. The van der Waals surface area contributed by atoms with Crippen LogP contribution in [0.3, 0.4) is 0 Å². The second kappa shape index (κ2) is 6.61. The Hall–Kier alpha value is -1.03. The molecular formula is C17H24O7S. The van der Waals surface area contributed by atoms with Gasteiger partial charge in [-0.3, -0.25) is 4.18 Å². The monoisotopic (exact) mass is 372 g/mol. The zero-order valence-corrected chi connectivity index (χ0v) is 15.8. The standard InChI is InChI=1S/C17H24O7S/c1-10-6-8-12(9-7-10)25(18,19)24-11(2)13-14-15(16(20-5)21-13)23-17(3,4)22-14/h6-9,11,13-16H,1-5H3/t11-,13-,14+,15+,16-/m0/s1. The number of methoxy groups -OCH3 is 1. The first-order valence-electron chi connectivity index (χ1n) is 8.17. The topological polar surface area (TPSA) is 80.3 Å². The molecule has 1 aromatic rings. The van der Waals surface area contributed by atoms with E-state index in [2.05, 4.69) is 0 Å². The number of rotatable bonds is 5. The van der Waals surface area contributed by atoms with Crippen molar-refractivity contribution < 1.29 is 31.5 Å². The van der Waals surface area contributed by atoms with Gasteiger partial charge in [0.05, 0.1) is 4.90 Å². The molecule has 0 N–H and O–H groups in total. The third kappa shape index (κ3) is 3.74. The predicted octanol–water partition coefficient (Wildman–Crippen LogP) is 1.98. The highest BCUT2D eigenvalue weighted by molar-refractivity contribution is 7.86. The molecule has 0 radical (unpaired) electrons. The van der Waals surface area contributed by atoms with Crippen molar-refractivity contribution in [3.05, 3.63) is 29.8 Å². The summed E-state index contributed by atoms with van der Waals surface area (Å²) in [6.07, 6.45) is -2.93. The van der Waals surface area contributed by atoms with E-state index in [-0.39, 0.29) is 4.90 Å². The average molecular weight is 372 g/mol. The van der Waals surface area contributed by atoms with Crippen molar-refractivity contribution in [2.45, 2.75) is 69.1 Å². The third-order valence-electron chi connectivity index (χ3n) is 4.33. The fourth-order valence-electron chi connectivity index (χ4n) is 3.17. The molecule has 8 heteroatoms. The molecule has 2 aliphatic heterocycles. The van der Waals surface area contributed by atoms with Crippen LogP contribution in [-0.2, 0) is 33.2 Å². The molecule has 140 valence electrons. The Kier molecular flexibility index (Phi) is 4.95. The molecule has 25 heavy (non-hydrogen) atoms. The minimum absolute atomic E-state index is 0.103. The molecule has 7 nitrogen and oxygen atoms in total. The molecule has 1 aromatic carbocycles. The van der Waals surface area contributed by atoms with Crippen molar-refractivity contribution in [3.63, 3.8) is 0 Å². The lowest BCUT2D eigenvalue weighted by molar-refractivity contribution is -0.234. The fourth-order valence-corrected chi connectivity index (χ4v) is 4.26. The van der Waals surface area contributed by atoms with Gasteiger partial charge < -0.3 is 18.9 Å². The number of ether oxygens (including phenoxy) is 4. The van der Waals surface area contributed by atoms with Crippen LogP contribution in [0.15, 0.2) is 29.2 Å². The lowest BCUT2D eigenvalue weighted by atomic mass is 10.1. The number of benzene rings is 1. The molecule has 2 saturated heterocycles. The van der Waals surface area contributed by atoms with E-state index in [1.54, 1.807) is 32.9 Å². The second-order valence-corrected chi connectivity index (χ2v) is 8.41. The quantitative estimate of drug-likeness (QED) is 0.731. The van der Waals surface area contributed by atoms with E-state index in [0.29, 0.717) is 0 Å². The Morgan fingerprint density at radius 2 is 1.72 bits per heavy atom. The van der Waals surface area contributed by atoms with Crippen LogP contribution >= 0.6 is 0 Å². The van der Waals surface area contributed by atoms with Gasteiger partial charge in [-0.1, -0.05) is 17.7 Å². The van der Waals surface area contributed by atoms with Crippen molar-refractivity contribution in [3.8, 4) is 0 Å². The van der Waals surface area contributed by atoms with Gasteiger partial charge in [0.1, 0.15) is 24.4 Å². The fraction of sp³-hybridized carbons (Fsp3) is 0.647. The lowest BCUT2D eigenvalue weighted by Crippen LogP contribution is -2.39. The Balaban J connectivity index is 1.76. The molecule has 0 unspecified atom stereocenters. The largest absolute Gasteiger partial charge is 0.353 e. The summed E-state index contributed by atoms with van der Waals surface area (Å²) in [6.45, 7) is 7.12. The zero-order valence-electron chi connectivity index (χ0n) is 15.0. The molecule has 0 bridgehead atoms. The smallest absolute Gasteiger partial charge is 0.297 e. The SMILES string of the molecule is CO[C@H]1O[C@@H]([C@H](C)OS(=O)(=O)c2ccc(C)cc2)[C@H]2OC(C)(C)O[C@@H]12. The van der Waals surface area contributed by atoms with Crippen LogP contribution in [0.4, 0.5) is 0 Å². The first-order valence-corrected chi connectivity index (χ1v) is 9.58. The molecule has 0 saturated carbocycles. The first kappa shape index (κ1) is 18.8. The highest BCUT2D eigenvalue weighted by Crippen LogP contribution is 2.40. The molecule has 2 fully saturated rings. The molecule has 5 atom stereocenters. The molecular weight excluding hydrogens is 348 g/mol. The average Bonchev–Trinajstić information content (AvgIpc) is 2.99. The molecule has 2 heterocycles. The maximum Gasteiger partial charge on any atom is 0.297 e. The summed E-state index contributed by atoms with van der Waals surface area (Å²) in [4.78, 5) is 0.103. The van der Waals surface area contributed by atoms with Gasteiger partial charge in [0.2, 0.25) is 0 Å². The van der Waals surface area contributed by atoms with Crippen LogP contribution in [-0.4, -0.2) is 52.0 Å². The van der Waals surface area contributed by atoms with Gasteiger partial charge in [-0.15, -0.1) is 0 Å². The van der Waals surface area contributed by atoms with Gasteiger partial charge in [-0.25, -0.2) is 0 Å². The van der Waals surface area contributed by atoms with Gasteiger partial charge in [0, 0.05) is 7.11 Å². The number of fused-ring (bicyclic) bond motifs is 1. The van der Waals surface area contributed by atoms with Crippen LogP contribution in [0, 0.1) is 6.92 Å². The van der Waals surface area contributed by atoms with Gasteiger partial charge in [0.15, 0.2) is 12.1 Å². The molecule has 0 spiro atoms. The summed E-state index contributed by atoms with van der Waals surface area (Å²) in [5, 5.41) is 0. The van der Waals surface area contributed by atoms with Crippen LogP contribution in [0.5, 0.6) is 0 Å². The molecule has 0 aromatic heterocycles. The van der Waals surface area contributed by atoms with Crippen LogP contribution in [0.25, 0.3) is 0 Å². The van der Waals surface area contributed by atoms with Crippen molar-refractivity contribution in [2.24, 2.45) is 0 Å². The van der Waals surface area contributed by atoms with E-state index < -0.39 is 46.6 Å². The number of aryl methyl sites for hydroxylation is 1. The normalized spacial score (nSPS) is 32.5. The summed E-state index contributed by atoms with van der Waals surface area (Å²) in [7, 11) is -2.41. The van der Waals surface area contributed by atoms with Crippen molar-refractivity contribution in [1.82, 2.24) is 0 Å². The van der Waals surface area contributed by atoms with Crippen molar-refractivity contribution >= 4 is 10.1 Å². The van der Waals surface area contributed by atoms with Gasteiger partial charge >= 0.3 is 0 Å². The molecule has 3 rings (SSSR count). The lowest BCUT2D eigenvalue weighted by Gasteiger charge is -2.26. The van der Waals surface area contributed by atoms with E-state index in [1.807, 2.05) is 6.92 Å². The predicted molar refractivity (Wildman–Crippen MR) is 88.4 cm³/mol. The van der Waals surface area contributed by atoms with Crippen molar-refractivity contribution in [1.29, 1.82) is 0 Å². The van der Waals surface area contributed by atoms with Gasteiger partial charge in [-0.2, -0.15) is 8.42 Å². The van der Waals surface area contributed by atoms with Crippen LogP contribution < -0.4 is 0 Å². The minimum Gasteiger partial charge on any atom is -0.353 e. The second-order valence-electron chi connectivity index (χ2n) is 6.84. The summed E-state index contributed by atoms with van der Waals surface area (Å²) < 4.78 is 53.1. The van der Waals surface area contributed by atoms with E-state index in [1.165, 1.54) is 19.2 Å². The van der Waals surface area contributed by atoms with Crippen LogP contribution in [0.2, 0.25) is 0 Å². The summed E-state index contributed by atoms with van der Waals surface area (Å²) in [6, 6.07) is 6.48. The molecule has 0 aliphatic carbocycles. The summed E-state index contributed by atoms with van der Waals surface area (Å²) >= 11 is 0. The zero-order chi connectivity index (χ0) is 18.4. The third-order valence-corrected chi connectivity index (χ3v) is 5.74. The van der Waals surface area contributed by atoms with Gasteiger partial charge in [-0.05, 0) is 39.8 Å². The van der Waals surface area contributed by atoms with Crippen LogP contribution in [0.1, 0.15) is 26.3 Å². The van der Waals surface area contributed by atoms with Crippen molar-refractivity contribution in [2.75, 3.05) is 7.11 Å². The number of hydrogen-bond donors (Lipinski definition) is 0. The Bertz CT molecular complexity index is 713. The maximum atomic E-state index is 12.5. The Morgan fingerprint density at radius 1 is 1.12 bits per heavy atom. The van der Waals surface area contributed by atoms with E-state index in [9.17, 15) is 8.42 Å². The highest BCUT2D eigenvalue weighted by Gasteiger charge is 2.57. The van der Waals surface area contributed by atoms with E-state index >= 15 is 0 Å². The van der Waals surface area contributed by atoms with E-state index in [4.69, 9.17) is 23.1 Å². The first-order chi connectivity index (χ1) is 11.6. The Labute approximate surface area is 148 Å². The summed E-state index contributed by atoms with van der Waals surface area (Å²) in [5.74, 6) is -0.788. The number of hydrogen-bond acceptors (Lipinski definition) is 7. The molecule has 2 aliphatic rings. The van der Waals surface area contributed by atoms with Gasteiger partial charge in [0.25, 0.3) is 10.1 Å².